The summed E-state index contributed by atoms with van der Waals surface area (Å²) in [6, 6.07) is 36.2. The Kier molecular flexibility index (Phi) is 3.47. The summed E-state index contributed by atoms with van der Waals surface area (Å²) in [5.74, 6) is 0. The van der Waals surface area contributed by atoms with Gasteiger partial charge >= 0.3 is 0 Å². The van der Waals surface area contributed by atoms with Gasteiger partial charge in [-0.3, -0.25) is 0 Å². The van der Waals surface area contributed by atoms with Gasteiger partial charge in [0, 0.05) is 0 Å². The van der Waals surface area contributed by atoms with Gasteiger partial charge in [-0.15, -0.1) is 5.10 Å². The fourth-order valence-electron chi connectivity index (χ4n) is 3.97. The number of aromatic nitrogens is 3. The van der Waals surface area contributed by atoms with Crippen LogP contribution in [0.1, 0.15) is 0 Å². The molecule has 0 saturated carbocycles. The fourth-order valence-corrected chi connectivity index (χ4v) is 3.97. The van der Waals surface area contributed by atoms with Crippen LogP contribution in [-0.2, 0) is 0 Å². The lowest BCUT2D eigenvalue weighted by molar-refractivity contribution is 0.825. The van der Waals surface area contributed by atoms with Crippen LogP contribution in [0.2, 0.25) is 0 Å². The Balaban J connectivity index is 1.44. The number of hydrogen-bond acceptors (Lipinski definition) is 2. The first-order valence-electron chi connectivity index (χ1n) is 9.69. The predicted octanol–water partition coefficient (Wildman–Crippen LogP) is 6.39. The average molecular weight is 371 g/mol. The van der Waals surface area contributed by atoms with Gasteiger partial charge in [0.25, 0.3) is 0 Å². The maximum absolute atomic E-state index is 4.33. The van der Waals surface area contributed by atoms with E-state index in [0.29, 0.717) is 0 Å². The first-order valence-corrected chi connectivity index (χ1v) is 9.69. The Morgan fingerprint density at radius 3 is 2.00 bits per heavy atom. The zero-order valence-electron chi connectivity index (χ0n) is 15.7. The molecule has 0 N–H and O–H groups in total. The maximum atomic E-state index is 4.33. The summed E-state index contributed by atoms with van der Waals surface area (Å²) < 4.78 is 1.89. The van der Waals surface area contributed by atoms with Crippen molar-refractivity contribution in [1.82, 2.24) is 15.0 Å². The van der Waals surface area contributed by atoms with Gasteiger partial charge in [0.15, 0.2) is 0 Å². The number of nitrogens with zero attached hydrogens (tertiary/aromatic N) is 3. The van der Waals surface area contributed by atoms with E-state index in [2.05, 4.69) is 89.2 Å². The van der Waals surface area contributed by atoms with Gasteiger partial charge in [-0.25, -0.2) is 4.68 Å². The van der Waals surface area contributed by atoms with Crippen molar-refractivity contribution in [3.8, 4) is 16.8 Å². The molecular weight excluding hydrogens is 354 g/mol. The molecule has 1 heterocycles. The molecule has 3 heteroatoms. The van der Waals surface area contributed by atoms with Crippen molar-refractivity contribution in [2.24, 2.45) is 0 Å². The Labute approximate surface area is 167 Å². The third-order valence-electron chi connectivity index (χ3n) is 5.50. The maximum Gasteiger partial charge on any atom is 0.113 e. The van der Waals surface area contributed by atoms with Crippen LogP contribution >= 0.6 is 0 Å². The van der Waals surface area contributed by atoms with E-state index in [1.54, 1.807) is 0 Å². The highest BCUT2D eigenvalue weighted by atomic mass is 15.4. The molecular formula is C26H17N3. The smallest absolute Gasteiger partial charge is 0.113 e. The Hall–Kier alpha value is -3.98. The van der Waals surface area contributed by atoms with Crippen LogP contribution in [-0.4, -0.2) is 15.0 Å². The summed E-state index contributed by atoms with van der Waals surface area (Å²) in [4.78, 5) is 0. The lowest BCUT2D eigenvalue weighted by atomic mass is 9.98. The van der Waals surface area contributed by atoms with Crippen LogP contribution in [0.4, 0.5) is 0 Å². The van der Waals surface area contributed by atoms with Crippen LogP contribution in [0.25, 0.3) is 49.4 Å². The summed E-state index contributed by atoms with van der Waals surface area (Å²) in [5, 5.41) is 13.5. The van der Waals surface area contributed by atoms with Crippen molar-refractivity contribution in [3.05, 3.63) is 103 Å². The van der Waals surface area contributed by atoms with E-state index in [-0.39, 0.29) is 0 Å². The number of fused-ring (bicyclic) bond motifs is 3. The molecule has 0 atom stereocenters. The molecule has 0 radical (unpaired) electrons. The molecule has 5 aromatic carbocycles. The van der Waals surface area contributed by atoms with E-state index < -0.39 is 0 Å². The first kappa shape index (κ1) is 16.0. The molecule has 29 heavy (non-hydrogen) atoms. The number of para-hydroxylation sites is 1. The lowest BCUT2D eigenvalue weighted by Gasteiger charge is -2.08. The third kappa shape index (κ3) is 2.67. The third-order valence-corrected chi connectivity index (χ3v) is 5.50. The molecule has 0 unspecified atom stereocenters. The molecule has 6 aromatic rings. The van der Waals surface area contributed by atoms with Crippen molar-refractivity contribution in [3.63, 3.8) is 0 Å². The van der Waals surface area contributed by atoms with Gasteiger partial charge in [-0.2, -0.15) is 0 Å². The van der Waals surface area contributed by atoms with Gasteiger partial charge < -0.3 is 0 Å². The minimum Gasteiger partial charge on any atom is -0.213 e. The number of hydrogen-bond donors (Lipinski definition) is 0. The molecule has 0 saturated heterocycles. The van der Waals surface area contributed by atoms with E-state index in [4.69, 9.17) is 0 Å². The van der Waals surface area contributed by atoms with Gasteiger partial charge in [-0.05, 0) is 69.1 Å². The molecule has 0 spiro atoms. The highest BCUT2D eigenvalue weighted by Crippen LogP contribution is 2.29. The predicted molar refractivity (Wildman–Crippen MR) is 119 cm³/mol. The second-order valence-electron chi connectivity index (χ2n) is 7.30. The normalized spacial score (nSPS) is 11.4. The Morgan fingerprint density at radius 2 is 1.14 bits per heavy atom. The van der Waals surface area contributed by atoms with Crippen molar-refractivity contribution >= 4 is 32.6 Å². The molecule has 1 aromatic heterocycles. The molecule has 6 rings (SSSR count). The second-order valence-corrected chi connectivity index (χ2v) is 7.30. The Bertz CT molecular complexity index is 1510. The standard InChI is InChI=1S/C26H17N3/c1-2-6-19-15-20(10-9-18(19)5-1)21-11-12-23-17-24(14-13-22(23)16-21)29-26-8-4-3-7-25(26)27-28-29/h1-17H. The quantitative estimate of drug-likeness (QED) is 0.353. The van der Waals surface area contributed by atoms with E-state index in [1.165, 1.54) is 32.7 Å². The van der Waals surface area contributed by atoms with Crippen LogP contribution in [0.5, 0.6) is 0 Å². The topological polar surface area (TPSA) is 30.7 Å². The van der Waals surface area contributed by atoms with Gasteiger partial charge in [0.05, 0.1) is 11.2 Å². The van der Waals surface area contributed by atoms with E-state index in [0.717, 1.165) is 16.7 Å². The van der Waals surface area contributed by atoms with Crippen LogP contribution in [0, 0.1) is 0 Å². The molecule has 0 fully saturated rings. The molecule has 0 amide bonds. The summed E-state index contributed by atoms with van der Waals surface area (Å²) in [5.41, 5.74) is 5.39. The first-order chi connectivity index (χ1) is 14.3. The number of rotatable bonds is 2. The summed E-state index contributed by atoms with van der Waals surface area (Å²) in [6.07, 6.45) is 0. The fraction of sp³-hybridized carbons (Fsp3) is 0. The monoisotopic (exact) mass is 371 g/mol. The summed E-state index contributed by atoms with van der Waals surface area (Å²) >= 11 is 0. The van der Waals surface area contributed by atoms with Crippen LogP contribution in [0.15, 0.2) is 103 Å². The van der Waals surface area contributed by atoms with Crippen LogP contribution < -0.4 is 0 Å². The minimum absolute atomic E-state index is 0.902. The van der Waals surface area contributed by atoms with Crippen LogP contribution in [0.3, 0.4) is 0 Å². The van der Waals surface area contributed by atoms with Crippen molar-refractivity contribution in [1.29, 1.82) is 0 Å². The molecule has 0 aliphatic heterocycles. The second kappa shape index (κ2) is 6.28. The molecule has 0 aliphatic rings. The molecule has 0 bridgehead atoms. The lowest BCUT2D eigenvalue weighted by Crippen LogP contribution is -1.96. The zero-order chi connectivity index (χ0) is 19.2. The van der Waals surface area contributed by atoms with E-state index in [1.807, 2.05) is 28.9 Å². The molecule has 136 valence electrons. The zero-order valence-corrected chi connectivity index (χ0v) is 15.7. The van der Waals surface area contributed by atoms with E-state index in [9.17, 15) is 0 Å². The van der Waals surface area contributed by atoms with E-state index >= 15 is 0 Å². The average Bonchev–Trinajstić information content (AvgIpc) is 3.22. The highest BCUT2D eigenvalue weighted by Gasteiger charge is 2.07. The molecule has 0 aliphatic carbocycles. The SMILES string of the molecule is c1ccc2cc(-c3ccc4cc(-n5nnc6ccccc65)ccc4c3)ccc2c1. The largest absolute Gasteiger partial charge is 0.213 e. The van der Waals surface area contributed by atoms with Gasteiger partial charge in [0.2, 0.25) is 0 Å². The van der Waals surface area contributed by atoms with Gasteiger partial charge in [-0.1, -0.05) is 71.9 Å². The highest BCUT2D eigenvalue weighted by molar-refractivity contribution is 5.92. The summed E-state index contributed by atoms with van der Waals surface area (Å²) in [7, 11) is 0. The molecule has 3 nitrogen and oxygen atoms in total. The van der Waals surface area contributed by atoms with Crippen molar-refractivity contribution < 1.29 is 0 Å². The minimum atomic E-state index is 0.902. The van der Waals surface area contributed by atoms with Gasteiger partial charge in [0.1, 0.15) is 5.52 Å². The Morgan fingerprint density at radius 1 is 0.517 bits per heavy atom. The van der Waals surface area contributed by atoms with Crippen molar-refractivity contribution in [2.45, 2.75) is 0 Å². The van der Waals surface area contributed by atoms with Crippen molar-refractivity contribution in [2.75, 3.05) is 0 Å². The number of benzene rings is 5. The summed E-state index contributed by atoms with van der Waals surface area (Å²) in [6.45, 7) is 0.